The highest BCUT2D eigenvalue weighted by molar-refractivity contribution is 6.13. The lowest BCUT2D eigenvalue weighted by Crippen LogP contribution is -2.26. The minimum absolute atomic E-state index is 0.0651. The Labute approximate surface area is 123 Å². The number of amides is 1. The number of benzene rings is 2. The molecule has 4 heteroatoms. The van der Waals surface area contributed by atoms with E-state index < -0.39 is 0 Å². The van der Waals surface area contributed by atoms with Gasteiger partial charge in [-0.05, 0) is 30.3 Å². The third-order valence-electron chi connectivity index (χ3n) is 3.58. The maximum atomic E-state index is 12.8. The average Bonchev–Trinajstić information content (AvgIpc) is 3.02. The highest BCUT2D eigenvalue weighted by atomic mass is 16.5. The van der Waals surface area contributed by atoms with E-state index in [4.69, 9.17) is 4.74 Å². The van der Waals surface area contributed by atoms with Crippen LogP contribution >= 0.6 is 0 Å². The molecule has 0 spiro atoms. The number of hydrogen-bond acceptors (Lipinski definition) is 2. The van der Waals surface area contributed by atoms with Crippen molar-refractivity contribution in [3.05, 3.63) is 60.3 Å². The van der Waals surface area contributed by atoms with Crippen molar-refractivity contribution >= 4 is 22.5 Å². The summed E-state index contributed by atoms with van der Waals surface area (Å²) in [5.41, 5.74) is 2.37. The number of fused-ring (bicyclic) bond motifs is 1. The number of carbonyl (C=O) groups excluding carboxylic acids is 1. The van der Waals surface area contributed by atoms with E-state index in [-0.39, 0.29) is 5.91 Å². The molecule has 2 aromatic carbocycles. The molecule has 21 heavy (non-hydrogen) atoms. The van der Waals surface area contributed by atoms with Gasteiger partial charge in [0, 0.05) is 29.7 Å². The lowest BCUT2D eigenvalue weighted by Gasteiger charge is -2.20. The molecule has 1 heterocycles. The van der Waals surface area contributed by atoms with Gasteiger partial charge < -0.3 is 14.6 Å². The van der Waals surface area contributed by atoms with Crippen molar-refractivity contribution in [2.24, 2.45) is 0 Å². The molecule has 3 aromatic rings. The van der Waals surface area contributed by atoms with Gasteiger partial charge in [0.25, 0.3) is 5.91 Å². The Morgan fingerprint density at radius 2 is 1.90 bits per heavy atom. The van der Waals surface area contributed by atoms with Crippen molar-refractivity contribution in [2.45, 2.75) is 0 Å². The maximum Gasteiger partial charge on any atom is 0.258 e. The minimum atomic E-state index is -0.0651. The summed E-state index contributed by atoms with van der Waals surface area (Å²) in [5.74, 6) is 0.610. The van der Waals surface area contributed by atoms with Crippen molar-refractivity contribution in [1.82, 2.24) is 4.98 Å². The first-order chi connectivity index (χ1) is 10.2. The SMILES string of the molecule is COc1ccccc1N(C)C(=O)c1cccc2[nH]ccc12. The van der Waals surface area contributed by atoms with Gasteiger partial charge >= 0.3 is 0 Å². The van der Waals surface area contributed by atoms with Gasteiger partial charge in [-0.25, -0.2) is 0 Å². The molecule has 1 N–H and O–H groups in total. The second kappa shape index (κ2) is 5.32. The Bertz CT molecular complexity index is 792. The first-order valence-corrected chi connectivity index (χ1v) is 6.69. The second-order valence-corrected chi connectivity index (χ2v) is 4.78. The molecule has 0 aliphatic rings. The van der Waals surface area contributed by atoms with Crippen molar-refractivity contribution in [1.29, 1.82) is 0 Å². The van der Waals surface area contributed by atoms with Crippen LogP contribution in [0.2, 0.25) is 0 Å². The molecule has 0 saturated heterocycles. The van der Waals surface area contributed by atoms with Crippen molar-refractivity contribution in [3.8, 4) is 5.75 Å². The van der Waals surface area contributed by atoms with Gasteiger partial charge in [-0.1, -0.05) is 18.2 Å². The van der Waals surface area contributed by atoms with Crippen LogP contribution in [0.25, 0.3) is 10.9 Å². The fraction of sp³-hybridized carbons (Fsp3) is 0.118. The van der Waals surface area contributed by atoms with Crippen molar-refractivity contribution in [2.75, 3.05) is 19.1 Å². The molecule has 1 amide bonds. The molecule has 0 aliphatic heterocycles. The van der Waals surface area contributed by atoms with E-state index in [0.29, 0.717) is 11.3 Å². The summed E-state index contributed by atoms with van der Waals surface area (Å²) in [5, 5.41) is 0.921. The number of ether oxygens (including phenoxy) is 1. The van der Waals surface area contributed by atoms with E-state index in [1.54, 1.807) is 19.1 Å². The predicted octanol–water partition coefficient (Wildman–Crippen LogP) is 3.45. The normalized spacial score (nSPS) is 10.6. The summed E-state index contributed by atoms with van der Waals surface area (Å²) >= 11 is 0. The number of nitrogens with one attached hydrogen (secondary N) is 1. The van der Waals surface area contributed by atoms with E-state index in [9.17, 15) is 4.79 Å². The summed E-state index contributed by atoms with van der Waals surface area (Å²) in [7, 11) is 3.36. The van der Waals surface area contributed by atoms with E-state index in [1.165, 1.54) is 0 Å². The third kappa shape index (κ3) is 2.25. The molecular weight excluding hydrogens is 264 g/mol. The zero-order chi connectivity index (χ0) is 14.8. The van der Waals surface area contributed by atoms with Crippen molar-refractivity contribution in [3.63, 3.8) is 0 Å². The molecule has 4 nitrogen and oxygen atoms in total. The fourth-order valence-electron chi connectivity index (χ4n) is 2.47. The average molecular weight is 280 g/mol. The molecule has 3 rings (SSSR count). The number of aromatic amines is 1. The summed E-state index contributed by atoms with van der Waals surface area (Å²) in [6, 6.07) is 15.1. The highest BCUT2D eigenvalue weighted by Gasteiger charge is 2.18. The molecule has 0 saturated carbocycles. The first-order valence-electron chi connectivity index (χ1n) is 6.69. The Balaban J connectivity index is 2.03. The number of methoxy groups -OCH3 is 1. The number of rotatable bonds is 3. The predicted molar refractivity (Wildman–Crippen MR) is 84.0 cm³/mol. The van der Waals surface area contributed by atoms with Crippen LogP contribution in [0.5, 0.6) is 5.75 Å². The second-order valence-electron chi connectivity index (χ2n) is 4.78. The maximum absolute atomic E-state index is 12.8. The van der Waals surface area contributed by atoms with Crippen molar-refractivity contribution < 1.29 is 9.53 Å². The summed E-state index contributed by atoms with van der Waals surface area (Å²) in [4.78, 5) is 17.5. The zero-order valence-corrected chi connectivity index (χ0v) is 12.0. The number of aromatic nitrogens is 1. The molecule has 0 atom stereocenters. The Morgan fingerprint density at radius 1 is 1.10 bits per heavy atom. The van der Waals surface area contributed by atoms with Gasteiger partial charge in [0.15, 0.2) is 0 Å². The van der Waals surface area contributed by atoms with Gasteiger partial charge in [0.1, 0.15) is 5.75 Å². The smallest absolute Gasteiger partial charge is 0.258 e. The number of H-pyrrole nitrogens is 1. The molecular formula is C17H16N2O2. The van der Waals surface area contributed by atoms with Crippen LogP contribution in [0.3, 0.4) is 0 Å². The van der Waals surface area contributed by atoms with Gasteiger partial charge in [-0.15, -0.1) is 0 Å². The van der Waals surface area contributed by atoms with E-state index in [2.05, 4.69) is 4.98 Å². The van der Waals surface area contributed by atoms with Gasteiger partial charge in [0.05, 0.1) is 12.8 Å². The Kier molecular flexibility index (Phi) is 3.36. The van der Waals surface area contributed by atoms with E-state index in [0.717, 1.165) is 16.6 Å². The van der Waals surface area contributed by atoms with E-state index >= 15 is 0 Å². The molecule has 0 bridgehead atoms. The van der Waals surface area contributed by atoms with Crippen LogP contribution in [-0.4, -0.2) is 25.0 Å². The summed E-state index contributed by atoms with van der Waals surface area (Å²) < 4.78 is 5.32. The lowest BCUT2D eigenvalue weighted by atomic mass is 10.1. The van der Waals surface area contributed by atoms with Crippen LogP contribution in [0.4, 0.5) is 5.69 Å². The lowest BCUT2D eigenvalue weighted by molar-refractivity contribution is 0.0994. The van der Waals surface area contributed by atoms with Crippen LogP contribution < -0.4 is 9.64 Å². The third-order valence-corrected chi connectivity index (χ3v) is 3.58. The number of hydrogen-bond donors (Lipinski definition) is 1. The van der Waals surface area contributed by atoms with Gasteiger partial charge in [0.2, 0.25) is 0 Å². The molecule has 1 aromatic heterocycles. The molecule has 0 radical (unpaired) electrons. The summed E-state index contributed by atoms with van der Waals surface area (Å²) in [6.07, 6.45) is 1.84. The van der Waals surface area contributed by atoms with E-state index in [1.807, 2.05) is 54.7 Å². The molecule has 106 valence electrons. The molecule has 0 unspecified atom stereocenters. The standard InChI is InChI=1S/C17H16N2O2/c1-19(15-8-3-4-9-16(15)21-2)17(20)13-6-5-7-14-12(13)10-11-18-14/h3-11,18H,1-2H3. The van der Waals surface area contributed by atoms with Crippen LogP contribution in [0, 0.1) is 0 Å². The Hall–Kier alpha value is -2.75. The monoisotopic (exact) mass is 280 g/mol. The quantitative estimate of drug-likeness (QED) is 0.798. The van der Waals surface area contributed by atoms with Crippen LogP contribution in [0.1, 0.15) is 10.4 Å². The number of nitrogens with zero attached hydrogens (tertiary/aromatic N) is 1. The fourth-order valence-corrected chi connectivity index (χ4v) is 2.47. The highest BCUT2D eigenvalue weighted by Crippen LogP contribution is 2.29. The first kappa shape index (κ1) is 13.2. The van der Waals surface area contributed by atoms with Crippen LogP contribution in [-0.2, 0) is 0 Å². The molecule has 0 fully saturated rings. The number of carbonyl (C=O) groups is 1. The number of anilines is 1. The molecule has 0 aliphatic carbocycles. The van der Waals surface area contributed by atoms with Gasteiger partial charge in [-0.3, -0.25) is 4.79 Å². The van der Waals surface area contributed by atoms with Crippen LogP contribution in [0.15, 0.2) is 54.7 Å². The number of para-hydroxylation sites is 2. The van der Waals surface area contributed by atoms with Gasteiger partial charge in [-0.2, -0.15) is 0 Å². The topological polar surface area (TPSA) is 45.3 Å². The minimum Gasteiger partial charge on any atom is -0.495 e. The Morgan fingerprint density at radius 3 is 2.71 bits per heavy atom. The largest absolute Gasteiger partial charge is 0.495 e. The zero-order valence-electron chi connectivity index (χ0n) is 12.0. The summed E-state index contributed by atoms with van der Waals surface area (Å²) in [6.45, 7) is 0.